The molecule has 9 heteroatoms. The molecule has 9 nitrogen and oxygen atoms in total. The first-order valence-corrected chi connectivity index (χ1v) is 9.18. The predicted molar refractivity (Wildman–Crippen MR) is 104 cm³/mol. The Labute approximate surface area is 172 Å². The second kappa shape index (κ2) is 8.58. The Morgan fingerprint density at radius 2 is 1.80 bits per heavy atom. The molecular formula is C21H24O9. The molecule has 30 heavy (non-hydrogen) atoms. The lowest BCUT2D eigenvalue weighted by atomic mass is 9.64. The van der Waals surface area contributed by atoms with E-state index in [0.29, 0.717) is 16.7 Å². The molecule has 5 N–H and O–H groups in total. The van der Waals surface area contributed by atoms with E-state index in [2.05, 4.69) is 0 Å². The SMILES string of the molecule is COC(=O)c1cccc(-c2ccc(OC(O)C3(O)C(O)C(O)C3CO)c(OC)c2)c1. The molecule has 1 aliphatic carbocycles. The molecule has 0 amide bonds. The van der Waals surface area contributed by atoms with E-state index in [9.17, 15) is 30.3 Å². The summed E-state index contributed by atoms with van der Waals surface area (Å²) < 4.78 is 15.4. The van der Waals surface area contributed by atoms with Crippen LogP contribution in [0.4, 0.5) is 0 Å². The van der Waals surface area contributed by atoms with Crippen molar-refractivity contribution < 1.29 is 44.5 Å². The van der Waals surface area contributed by atoms with Crippen molar-refractivity contribution >= 4 is 5.97 Å². The first-order chi connectivity index (χ1) is 14.3. The van der Waals surface area contributed by atoms with Crippen molar-refractivity contribution in [1.29, 1.82) is 0 Å². The van der Waals surface area contributed by atoms with Crippen LogP contribution in [0.5, 0.6) is 11.5 Å². The lowest BCUT2D eigenvalue weighted by molar-refractivity contribution is -0.332. The number of hydrogen-bond donors (Lipinski definition) is 5. The highest BCUT2D eigenvalue weighted by Crippen LogP contribution is 2.43. The van der Waals surface area contributed by atoms with Crippen molar-refractivity contribution in [2.75, 3.05) is 20.8 Å². The van der Waals surface area contributed by atoms with Gasteiger partial charge in [-0.1, -0.05) is 18.2 Å². The molecule has 2 aromatic carbocycles. The summed E-state index contributed by atoms with van der Waals surface area (Å²) >= 11 is 0. The number of aliphatic hydroxyl groups excluding tert-OH is 4. The Kier molecular flexibility index (Phi) is 6.30. The van der Waals surface area contributed by atoms with E-state index in [1.807, 2.05) is 0 Å². The highest BCUT2D eigenvalue weighted by atomic mass is 16.6. The van der Waals surface area contributed by atoms with Crippen LogP contribution in [0.2, 0.25) is 0 Å². The summed E-state index contributed by atoms with van der Waals surface area (Å²) in [4.78, 5) is 11.7. The standard InChI is InChI=1S/C21H24O9/c1-28-16-9-12(11-4-3-5-13(8-11)19(25)29-2)6-7-15(16)30-20(26)21(27)14(10-22)17(23)18(21)24/h3-9,14,17-18,20,22-24,26-27H,10H2,1-2H3. The summed E-state index contributed by atoms with van der Waals surface area (Å²) in [5.41, 5.74) is -0.475. The predicted octanol–water partition coefficient (Wildman–Crippen LogP) is -0.0790. The van der Waals surface area contributed by atoms with Gasteiger partial charge in [0.25, 0.3) is 0 Å². The van der Waals surface area contributed by atoms with Gasteiger partial charge in [-0.2, -0.15) is 0 Å². The number of ether oxygens (including phenoxy) is 3. The Balaban J connectivity index is 1.86. The topological polar surface area (TPSA) is 146 Å². The van der Waals surface area contributed by atoms with Gasteiger partial charge in [0.1, 0.15) is 6.10 Å². The van der Waals surface area contributed by atoms with Crippen molar-refractivity contribution in [2.45, 2.75) is 24.1 Å². The smallest absolute Gasteiger partial charge is 0.337 e. The van der Waals surface area contributed by atoms with Gasteiger partial charge >= 0.3 is 5.97 Å². The van der Waals surface area contributed by atoms with Gasteiger partial charge in [0.15, 0.2) is 17.1 Å². The quantitative estimate of drug-likeness (QED) is 0.307. The highest BCUT2D eigenvalue weighted by Gasteiger charge is 2.65. The molecule has 5 atom stereocenters. The van der Waals surface area contributed by atoms with Gasteiger partial charge in [0.2, 0.25) is 6.29 Å². The molecule has 1 fully saturated rings. The molecule has 162 valence electrons. The van der Waals surface area contributed by atoms with Gasteiger partial charge in [0.05, 0.1) is 32.5 Å². The third kappa shape index (κ3) is 3.62. The van der Waals surface area contributed by atoms with Gasteiger partial charge in [0, 0.05) is 5.92 Å². The van der Waals surface area contributed by atoms with E-state index >= 15 is 0 Å². The van der Waals surface area contributed by atoms with E-state index in [1.54, 1.807) is 36.4 Å². The molecule has 0 spiro atoms. The average Bonchev–Trinajstić information content (AvgIpc) is 2.78. The maximum Gasteiger partial charge on any atom is 0.337 e. The molecule has 1 saturated carbocycles. The van der Waals surface area contributed by atoms with E-state index in [1.165, 1.54) is 20.3 Å². The lowest BCUT2D eigenvalue weighted by Crippen LogP contribution is -2.76. The Morgan fingerprint density at radius 3 is 2.43 bits per heavy atom. The normalized spacial score (nSPS) is 26.4. The van der Waals surface area contributed by atoms with Crippen LogP contribution in [-0.2, 0) is 4.74 Å². The number of benzene rings is 2. The molecule has 5 unspecified atom stereocenters. The fourth-order valence-electron chi connectivity index (χ4n) is 3.55. The average molecular weight is 420 g/mol. The van der Waals surface area contributed by atoms with Crippen LogP contribution in [-0.4, -0.2) is 76.4 Å². The summed E-state index contributed by atoms with van der Waals surface area (Å²) in [6.45, 7) is -0.651. The zero-order valence-electron chi connectivity index (χ0n) is 16.4. The fraction of sp³-hybridized carbons (Fsp3) is 0.381. The van der Waals surface area contributed by atoms with Crippen LogP contribution in [0.3, 0.4) is 0 Å². The zero-order valence-corrected chi connectivity index (χ0v) is 16.4. The minimum Gasteiger partial charge on any atom is -0.493 e. The Hall–Kier alpha value is -2.69. The van der Waals surface area contributed by atoms with Gasteiger partial charge in [-0.25, -0.2) is 4.79 Å². The maximum absolute atomic E-state index is 11.7. The van der Waals surface area contributed by atoms with E-state index < -0.39 is 42.6 Å². The zero-order chi connectivity index (χ0) is 22.1. The fourth-order valence-corrected chi connectivity index (χ4v) is 3.55. The highest BCUT2D eigenvalue weighted by molar-refractivity contribution is 5.91. The van der Waals surface area contributed by atoms with Crippen LogP contribution in [0.1, 0.15) is 10.4 Å². The Morgan fingerprint density at radius 1 is 1.10 bits per heavy atom. The van der Waals surface area contributed by atoms with Gasteiger partial charge in [-0.05, 0) is 35.4 Å². The number of methoxy groups -OCH3 is 2. The van der Waals surface area contributed by atoms with Crippen molar-refractivity contribution in [2.24, 2.45) is 5.92 Å². The van der Waals surface area contributed by atoms with Gasteiger partial charge < -0.3 is 39.7 Å². The van der Waals surface area contributed by atoms with E-state index in [-0.39, 0.29) is 11.5 Å². The second-order valence-corrected chi connectivity index (χ2v) is 7.02. The minimum atomic E-state index is -2.24. The van der Waals surface area contributed by atoms with E-state index in [4.69, 9.17) is 14.2 Å². The molecule has 0 aromatic heterocycles. The van der Waals surface area contributed by atoms with Gasteiger partial charge in [-0.3, -0.25) is 0 Å². The molecule has 0 aliphatic heterocycles. The third-order valence-corrected chi connectivity index (χ3v) is 5.42. The molecule has 1 aliphatic rings. The minimum absolute atomic E-state index is 0.0663. The monoisotopic (exact) mass is 420 g/mol. The molecule has 0 bridgehead atoms. The lowest BCUT2D eigenvalue weighted by Gasteiger charge is -2.53. The summed E-state index contributed by atoms with van der Waals surface area (Å²) in [5, 5.41) is 49.7. The summed E-state index contributed by atoms with van der Waals surface area (Å²) in [6.07, 6.45) is -5.00. The number of esters is 1. The van der Waals surface area contributed by atoms with Crippen molar-refractivity contribution in [1.82, 2.24) is 0 Å². The van der Waals surface area contributed by atoms with Gasteiger partial charge in [-0.15, -0.1) is 0 Å². The first-order valence-electron chi connectivity index (χ1n) is 9.18. The summed E-state index contributed by atoms with van der Waals surface area (Å²) in [5.74, 6) is -1.36. The second-order valence-electron chi connectivity index (χ2n) is 7.02. The van der Waals surface area contributed by atoms with Crippen molar-refractivity contribution in [3.05, 3.63) is 48.0 Å². The maximum atomic E-state index is 11.7. The Bertz CT molecular complexity index is 915. The molecule has 2 aromatic rings. The molecule has 0 heterocycles. The number of carbonyl (C=O) groups excluding carboxylic acids is 1. The molecule has 0 radical (unpaired) electrons. The number of rotatable bonds is 7. The van der Waals surface area contributed by atoms with Crippen molar-refractivity contribution in [3.63, 3.8) is 0 Å². The largest absolute Gasteiger partial charge is 0.493 e. The van der Waals surface area contributed by atoms with Crippen LogP contribution in [0.25, 0.3) is 11.1 Å². The van der Waals surface area contributed by atoms with Crippen LogP contribution in [0, 0.1) is 5.92 Å². The van der Waals surface area contributed by atoms with E-state index in [0.717, 1.165) is 0 Å². The molecular weight excluding hydrogens is 396 g/mol. The third-order valence-electron chi connectivity index (χ3n) is 5.42. The molecule has 3 rings (SSSR count). The van der Waals surface area contributed by atoms with Crippen LogP contribution in [0.15, 0.2) is 42.5 Å². The summed E-state index contributed by atoms with van der Waals surface area (Å²) in [7, 11) is 2.68. The molecule has 0 saturated heterocycles. The van der Waals surface area contributed by atoms with Crippen molar-refractivity contribution in [3.8, 4) is 22.6 Å². The number of aliphatic hydroxyl groups is 5. The van der Waals surface area contributed by atoms with Crippen LogP contribution >= 0.6 is 0 Å². The first kappa shape index (κ1) is 22.0. The summed E-state index contributed by atoms with van der Waals surface area (Å²) in [6, 6.07) is 11.5. The number of carbonyl (C=O) groups is 1. The number of hydrogen-bond acceptors (Lipinski definition) is 9. The van der Waals surface area contributed by atoms with Crippen LogP contribution < -0.4 is 9.47 Å².